The lowest BCUT2D eigenvalue weighted by Crippen LogP contribution is -2.68. The standard InChI is InChI=1S/C42H62N4O9Si/c1-12-14-19-52-35-27(43-39(50)28-17-16-18-46(28)8)23-29(51-9)25-21-24-22-26-33(45(6)7)36-32(40(44-54-36)53-20-15-13-2)38(49)42(26,55-56(10,11)41(3,4)5)37(48)30(24)34(47)31(25)35/h23-24,26,28,33,47H,12-22H2,1-11H3,(H,43,50)/t24-,26-,28-,33-,42-/m0/s1. The number of aromatic nitrogens is 1. The van der Waals surface area contributed by atoms with Crippen molar-refractivity contribution in [2.24, 2.45) is 11.8 Å². The van der Waals surface area contributed by atoms with E-state index in [-0.39, 0.29) is 51.1 Å². The molecule has 2 heterocycles. The number of carbonyl (C=O) groups excluding carboxylic acids is 3. The molecule has 2 fully saturated rings. The number of benzene rings is 1. The number of anilines is 1. The first-order chi connectivity index (χ1) is 26.4. The van der Waals surface area contributed by atoms with Crippen LogP contribution in [0.4, 0.5) is 5.69 Å². The third-order valence-electron chi connectivity index (χ3n) is 12.8. The number of ketones is 2. The quantitative estimate of drug-likeness (QED) is 0.112. The Morgan fingerprint density at radius 1 is 1.11 bits per heavy atom. The number of ether oxygens (including phenoxy) is 3. The van der Waals surface area contributed by atoms with Crippen LogP contribution in [0.2, 0.25) is 18.1 Å². The summed E-state index contributed by atoms with van der Waals surface area (Å²) in [6.45, 7) is 15.8. The van der Waals surface area contributed by atoms with Crippen LogP contribution in [0.1, 0.15) is 113 Å². The number of hydrogen-bond donors (Lipinski definition) is 2. The highest BCUT2D eigenvalue weighted by Crippen LogP contribution is 2.60. The number of nitrogens with zero attached hydrogens (tertiary/aromatic N) is 3. The predicted octanol–water partition coefficient (Wildman–Crippen LogP) is 7.36. The number of aliphatic hydroxyl groups is 1. The van der Waals surface area contributed by atoms with Crippen LogP contribution >= 0.6 is 0 Å². The number of unbranched alkanes of at least 4 members (excludes halogenated alkanes) is 2. The zero-order chi connectivity index (χ0) is 40.9. The maximum absolute atomic E-state index is 15.8. The average molecular weight is 795 g/mol. The Labute approximate surface area is 332 Å². The molecule has 1 aromatic carbocycles. The Balaban J connectivity index is 1.58. The minimum atomic E-state index is -2.90. The van der Waals surface area contributed by atoms with E-state index in [0.29, 0.717) is 48.8 Å². The molecule has 56 heavy (non-hydrogen) atoms. The van der Waals surface area contributed by atoms with E-state index < -0.39 is 43.4 Å². The van der Waals surface area contributed by atoms with Crippen molar-refractivity contribution in [2.45, 2.75) is 122 Å². The second-order valence-electron chi connectivity index (χ2n) is 17.7. The summed E-state index contributed by atoms with van der Waals surface area (Å²) in [6, 6.07) is 0.869. The van der Waals surface area contributed by atoms with Crippen molar-refractivity contribution in [1.29, 1.82) is 0 Å². The molecule has 1 aliphatic heterocycles. The Hall–Kier alpha value is -3.72. The number of likely N-dealkylation sites (N-methyl/N-ethyl adjacent to an activating group) is 1. The lowest BCUT2D eigenvalue weighted by Gasteiger charge is -2.55. The normalized spacial score (nSPS) is 25.1. The van der Waals surface area contributed by atoms with E-state index in [1.165, 1.54) is 0 Å². The van der Waals surface area contributed by atoms with E-state index in [1.54, 1.807) is 13.2 Å². The topological polar surface area (TPSA) is 153 Å². The molecule has 0 bridgehead atoms. The fourth-order valence-corrected chi connectivity index (χ4v) is 10.2. The van der Waals surface area contributed by atoms with Crippen molar-refractivity contribution in [1.82, 2.24) is 15.0 Å². The lowest BCUT2D eigenvalue weighted by molar-refractivity contribution is -0.140. The Morgan fingerprint density at radius 3 is 2.38 bits per heavy atom. The van der Waals surface area contributed by atoms with E-state index >= 15 is 9.59 Å². The smallest absolute Gasteiger partial charge is 0.265 e. The largest absolute Gasteiger partial charge is 0.507 e. The molecule has 3 aliphatic carbocycles. The van der Waals surface area contributed by atoms with E-state index in [9.17, 15) is 9.90 Å². The van der Waals surface area contributed by atoms with Crippen LogP contribution < -0.4 is 19.5 Å². The van der Waals surface area contributed by atoms with Crippen molar-refractivity contribution in [3.05, 3.63) is 34.1 Å². The molecule has 2 aromatic rings. The molecule has 2 N–H and O–H groups in total. The summed E-state index contributed by atoms with van der Waals surface area (Å²) in [5.74, 6) is -1.66. The number of nitrogens with one attached hydrogen (secondary N) is 1. The summed E-state index contributed by atoms with van der Waals surface area (Å²) in [4.78, 5) is 49.0. The minimum absolute atomic E-state index is 0.0497. The number of fused-ring (bicyclic) bond motifs is 4. The van der Waals surface area contributed by atoms with Crippen LogP contribution in [0.3, 0.4) is 0 Å². The van der Waals surface area contributed by atoms with Gasteiger partial charge in [0.25, 0.3) is 5.88 Å². The molecule has 6 rings (SSSR count). The molecule has 5 atom stereocenters. The van der Waals surface area contributed by atoms with Crippen molar-refractivity contribution in [3.8, 4) is 17.4 Å². The van der Waals surface area contributed by atoms with Gasteiger partial charge in [-0.3, -0.25) is 24.2 Å². The number of methoxy groups -OCH3 is 1. The van der Waals surface area contributed by atoms with Gasteiger partial charge in [-0.1, -0.05) is 47.5 Å². The number of amides is 1. The van der Waals surface area contributed by atoms with Crippen LogP contribution in [0.5, 0.6) is 17.4 Å². The SMILES string of the molecule is CCCCOc1noc2c1C(=O)[C@@]1(O[Si](C)(C)C(C)(C)C)C(=O)C3=C(O)c4c(c(OC)cc(NC(=O)[C@@H]5CCCN5C)c4OCCCC)C[C@H]3C[C@H]1[C@@H]2N(C)C. The maximum Gasteiger partial charge on any atom is 0.265 e. The van der Waals surface area contributed by atoms with Gasteiger partial charge in [-0.25, -0.2) is 0 Å². The van der Waals surface area contributed by atoms with Gasteiger partial charge in [0.15, 0.2) is 25.4 Å². The molecule has 1 amide bonds. The molecule has 0 unspecified atom stereocenters. The molecule has 14 heteroatoms. The van der Waals surface area contributed by atoms with E-state index in [2.05, 4.69) is 38.2 Å². The summed E-state index contributed by atoms with van der Waals surface area (Å²) in [7, 11) is 4.37. The summed E-state index contributed by atoms with van der Waals surface area (Å²) in [6.07, 6.45) is 5.49. The highest BCUT2D eigenvalue weighted by atomic mass is 28.4. The third-order valence-corrected chi connectivity index (χ3v) is 17.2. The van der Waals surface area contributed by atoms with Crippen LogP contribution in [0.25, 0.3) is 5.76 Å². The number of rotatable bonds is 14. The zero-order valence-electron chi connectivity index (χ0n) is 35.2. The van der Waals surface area contributed by atoms with Crippen molar-refractivity contribution < 1.29 is 42.6 Å². The van der Waals surface area contributed by atoms with Crippen molar-refractivity contribution >= 4 is 37.2 Å². The highest BCUT2D eigenvalue weighted by Gasteiger charge is 2.69. The van der Waals surface area contributed by atoms with Gasteiger partial charge in [0.2, 0.25) is 17.5 Å². The van der Waals surface area contributed by atoms with Crippen LogP contribution in [0, 0.1) is 11.8 Å². The van der Waals surface area contributed by atoms with Crippen LogP contribution in [0.15, 0.2) is 16.2 Å². The number of hydrogen-bond acceptors (Lipinski definition) is 12. The zero-order valence-corrected chi connectivity index (χ0v) is 36.2. The monoisotopic (exact) mass is 794 g/mol. The van der Waals surface area contributed by atoms with Gasteiger partial charge in [-0.2, -0.15) is 0 Å². The molecule has 4 aliphatic rings. The molecular formula is C42H62N4O9Si. The second-order valence-corrected chi connectivity index (χ2v) is 22.5. The Morgan fingerprint density at radius 2 is 1.79 bits per heavy atom. The van der Waals surface area contributed by atoms with Gasteiger partial charge in [-0.15, -0.1) is 0 Å². The first-order valence-corrected chi connectivity index (χ1v) is 23.3. The number of aliphatic hydroxyl groups excluding tert-OH is 1. The minimum Gasteiger partial charge on any atom is -0.507 e. The molecule has 13 nitrogen and oxygen atoms in total. The second kappa shape index (κ2) is 15.9. The first-order valence-electron chi connectivity index (χ1n) is 20.3. The van der Waals surface area contributed by atoms with Gasteiger partial charge in [0.05, 0.1) is 43.7 Å². The van der Waals surface area contributed by atoms with E-state index in [1.807, 2.05) is 51.0 Å². The fourth-order valence-electron chi connectivity index (χ4n) is 8.76. The van der Waals surface area contributed by atoms with Gasteiger partial charge < -0.3 is 33.6 Å². The van der Waals surface area contributed by atoms with Gasteiger partial charge in [0, 0.05) is 23.1 Å². The molecule has 0 radical (unpaired) electrons. The molecule has 1 aromatic heterocycles. The predicted molar refractivity (Wildman–Crippen MR) is 216 cm³/mol. The fraction of sp³-hybridized carbons (Fsp3) is 0.667. The molecule has 0 spiro atoms. The van der Waals surface area contributed by atoms with Crippen molar-refractivity contribution in [2.75, 3.05) is 53.3 Å². The van der Waals surface area contributed by atoms with Gasteiger partial charge in [0.1, 0.15) is 17.1 Å². The van der Waals surface area contributed by atoms with Gasteiger partial charge >= 0.3 is 0 Å². The van der Waals surface area contributed by atoms with Crippen LogP contribution in [-0.2, 0) is 20.4 Å². The van der Waals surface area contributed by atoms with E-state index in [0.717, 1.165) is 45.1 Å². The summed E-state index contributed by atoms with van der Waals surface area (Å²) >= 11 is 0. The maximum atomic E-state index is 15.8. The lowest BCUT2D eigenvalue weighted by atomic mass is 9.57. The average Bonchev–Trinajstić information content (AvgIpc) is 3.75. The third kappa shape index (κ3) is 6.98. The van der Waals surface area contributed by atoms with Crippen LogP contribution in [-0.4, -0.2) is 106 Å². The summed E-state index contributed by atoms with van der Waals surface area (Å²) in [5.41, 5.74) is -0.466. The number of Topliss-reactive ketones (excluding diaryl/α,β-unsaturated/α-hetero) is 2. The Kier molecular flexibility index (Phi) is 11.9. The number of likely N-dealkylation sites (tertiary alicyclic amines) is 1. The van der Waals surface area contributed by atoms with Crippen molar-refractivity contribution in [3.63, 3.8) is 0 Å². The first kappa shape index (κ1) is 41.9. The summed E-state index contributed by atoms with van der Waals surface area (Å²) < 4.78 is 31.7. The molecule has 1 saturated heterocycles. The van der Waals surface area contributed by atoms with Gasteiger partial charge in [-0.05, 0) is 95.4 Å². The van der Waals surface area contributed by atoms with E-state index in [4.69, 9.17) is 23.2 Å². The highest BCUT2D eigenvalue weighted by molar-refractivity contribution is 6.74. The number of carbonyl (C=O) groups is 3. The Bertz CT molecular complexity index is 1880. The molecule has 1 saturated carbocycles. The summed E-state index contributed by atoms with van der Waals surface area (Å²) in [5, 5.41) is 19.6. The molecule has 308 valence electrons. The molecular weight excluding hydrogens is 733 g/mol.